The van der Waals surface area contributed by atoms with Crippen molar-refractivity contribution in [2.75, 3.05) is 6.79 Å². The van der Waals surface area contributed by atoms with E-state index in [0.717, 1.165) is 31.5 Å². The van der Waals surface area contributed by atoms with E-state index in [1.165, 1.54) is 0 Å². The predicted octanol–water partition coefficient (Wildman–Crippen LogP) is 2.03. The topological polar surface area (TPSA) is 94.5 Å². The number of carbonyl (C=O) groups is 2. The fraction of sp³-hybridized carbons (Fsp3) is 0.476. The first-order valence-corrected chi connectivity index (χ1v) is 10.1. The van der Waals surface area contributed by atoms with E-state index in [0.29, 0.717) is 30.0 Å². The molecule has 2 N–H and O–H groups in total. The van der Waals surface area contributed by atoms with Crippen molar-refractivity contribution in [3.05, 3.63) is 42.0 Å². The van der Waals surface area contributed by atoms with Crippen molar-refractivity contribution >= 4 is 11.8 Å². The monoisotopic (exact) mass is 398 g/mol. The van der Waals surface area contributed by atoms with Crippen LogP contribution in [0, 0.1) is 0 Å². The minimum Gasteiger partial charge on any atom is -0.454 e. The highest BCUT2D eigenvalue weighted by Gasteiger charge is 2.27. The van der Waals surface area contributed by atoms with Crippen molar-refractivity contribution < 1.29 is 19.1 Å². The van der Waals surface area contributed by atoms with Crippen LogP contribution in [0.3, 0.4) is 0 Å². The molecule has 29 heavy (non-hydrogen) atoms. The predicted molar refractivity (Wildman–Crippen MR) is 106 cm³/mol. The van der Waals surface area contributed by atoms with Gasteiger partial charge in [0.15, 0.2) is 11.5 Å². The molecule has 0 bridgehead atoms. The summed E-state index contributed by atoms with van der Waals surface area (Å²) in [5, 5.41) is 6.16. The van der Waals surface area contributed by atoms with Crippen LogP contribution in [0.4, 0.5) is 0 Å². The Balaban J connectivity index is 1.22. The van der Waals surface area contributed by atoms with Crippen LogP contribution < -0.4 is 20.1 Å². The molecule has 154 valence electrons. The second kappa shape index (κ2) is 8.55. The van der Waals surface area contributed by atoms with Gasteiger partial charge in [0.2, 0.25) is 12.7 Å². The molecule has 0 spiro atoms. The van der Waals surface area contributed by atoms with Gasteiger partial charge in [-0.25, -0.2) is 4.98 Å². The summed E-state index contributed by atoms with van der Waals surface area (Å²) in [5.74, 6) is 2.15. The third-order valence-corrected chi connectivity index (χ3v) is 5.47. The van der Waals surface area contributed by atoms with Gasteiger partial charge in [-0.3, -0.25) is 9.59 Å². The number of rotatable bonds is 7. The van der Waals surface area contributed by atoms with Crippen LogP contribution in [-0.2, 0) is 17.8 Å². The summed E-state index contributed by atoms with van der Waals surface area (Å²) in [6.45, 7) is 2.87. The molecule has 8 heteroatoms. The first-order valence-electron chi connectivity index (χ1n) is 10.1. The van der Waals surface area contributed by atoms with Crippen LogP contribution in [0.2, 0.25) is 0 Å². The molecular formula is C21H26N4O4. The molecule has 2 amide bonds. The molecule has 1 fully saturated rings. The molecule has 0 unspecified atom stereocenters. The summed E-state index contributed by atoms with van der Waals surface area (Å²) in [6.07, 6.45) is 7.40. The zero-order valence-electron chi connectivity index (χ0n) is 16.5. The number of amides is 2. The smallest absolute Gasteiger partial charge is 0.251 e. The number of hydrogen-bond acceptors (Lipinski definition) is 5. The lowest BCUT2D eigenvalue weighted by Crippen LogP contribution is -2.37. The molecule has 2 heterocycles. The summed E-state index contributed by atoms with van der Waals surface area (Å²) in [5.41, 5.74) is 0.550. The van der Waals surface area contributed by atoms with Gasteiger partial charge >= 0.3 is 0 Å². The van der Waals surface area contributed by atoms with Crippen LogP contribution in [0.1, 0.15) is 48.8 Å². The van der Waals surface area contributed by atoms with Gasteiger partial charge in [-0.15, -0.1) is 0 Å². The van der Waals surface area contributed by atoms with E-state index in [9.17, 15) is 9.59 Å². The third kappa shape index (κ3) is 4.52. The maximum absolute atomic E-state index is 12.5. The number of fused-ring (bicyclic) bond motifs is 1. The number of benzene rings is 1. The van der Waals surface area contributed by atoms with Gasteiger partial charge in [0.1, 0.15) is 5.82 Å². The molecule has 0 saturated heterocycles. The van der Waals surface area contributed by atoms with E-state index >= 15 is 0 Å². The van der Waals surface area contributed by atoms with Crippen LogP contribution in [0.25, 0.3) is 0 Å². The maximum Gasteiger partial charge on any atom is 0.251 e. The summed E-state index contributed by atoms with van der Waals surface area (Å²) in [6, 6.07) is 5.33. The second-order valence-electron chi connectivity index (χ2n) is 7.46. The number of ether oxygens (including phenoxy) is 2. The lowest BCUT2D eigenvalue weighted by molar-refractivity contribution is -0.122. The van der Waals surface area contributed by atoms with E-state index in [4.69, 9.17) is 9.47 Å². The fourth-order valence-electron chi connectivity index (χ4n) is 3.93. The lowest BCUT2D eigenvalue weighted by Gasteiger charge is -2.15. The van der Waals surface area contributed by atoms with E-state index in [-0.39, 0.29) is 30.7 Å². The summed E-state index contributed by atoms with van der Waals surface area (Å²) in [7, 11) is 0. The molecule has 1 saturated carbocycles. The first-order chi connectivity index (χ1) is 14.1. The number of aromatic nitrogens is 2. The van der Waals surface area contributed by atoms with Gasteiger partial charge in [-0.05, 0) is 37.5 Å². The Kier molecular flexibility index (Phi) is 5.69. The number of nitrogens with one attached hydrogen (secondary N) is 2. The standard InChI is InChI=1S/C21H26N4O4/c1-2-19-22-8-10-25(19)9-7-20(26)23-15-4-5-16(12-15)24-21(27)14-3-6-17-18(11-14)29-13-28-17/h3,6,8,10-11,15-16H,2,4-5,7,9,12-13H2,1H3,(H,23,26)(H,24,27)/t15-,16+/m1/s1. The number of imidazole rings is 1. The first kappa shape index (κ1) is 19.3. The Hall–Kier alpha value is -3.03. The van der Waals surface area contributed by atoms with Gasteiger partial charge < -0.3 is 24.7 Å². The Bertz CT molecular complexity index is 895. The molecule has 1 aliphatic carbocycles. The Morgan fingerprint density at radius 2 is 1.97 bits per heavy atom. The van der Waals surface area contributed by atoms with Crippen molar-refractivity contribution in [1.29, 1.82) is 0 Å². The van der Waals surface area contributed by atoms with Crippen molar-refractivity contribution in [1.82, 2.24) is 20.2 Å². The summed E-state index contributed by atoms with van der Waals surface area (Å²) < 4.78 is 12.6. The van der Waals surface area contributed by atoms with Crippen LogP contribution >= 0.6 is 0 Å². The molecule has 2 atom stereocenters. The van der Waals surface area contributed by atoms with Gasteiger partial charge in [-0.1, -0.05) is 6.92 Å². The molecule has 1 aliphatic heterocycles. The number of nitrogens with zero attached hydrogens (tertiary/aromatic N) is 2. The van der Waals surface area contributed by atoms with Crippen LogP contribution in [-0.4, -0.2) is 40.2 Å². The zero-order valence-corrected chi connectivity index (χ0v) is 16.5. The normalized spacial score (nSPS) is 19.9. The summed E-state index contributed by atoms with van der Waals surface area (Å²) in [4.78, 5) is 29.1. The fourth-order valence-corrected chi connectivity index (χ4v) is 3.93. The van der Waals surface area contributed by atoms with E-state index in [1.807, 2.05) is 10.8 Å². The zero-order chi connectivity index (χ0) is 20.2. The lowest BCUT2D eigenvalue weighted by atomic mass is 10.1. The quantitative estimate of drug-likeness (QED) is 0.744. The second-order valence-corrected chi connectivity index (χ2v) is 7.46. The highest BCUT2D eigenvalue weighted by atomic mass is 16.7. The van der Waals surface area contributed by atoms with Crippen molar-refractivity contribution in [2.45, 2.75) is 57.7 Å². The maximum atomic E-state index is 12.5. The van der Waals surface area contributed by atoms with E-state index in [1.54, 1.807) is 24.4 Å². The van der Waals surface area contributed by atoms with Crippen molar-refractivity contribution in [3.63, 3.8) is 0 Å². The molecule has 2 aromatic rings. The molecule has 0 radical (unpaired) electrons. The number of hydrogen-bond donors (Lipinski definition) is 2. The molecule has 1 aromatic carbocycles. The minimum absolute atomic E-state index is 0.0356. The highest BCUT2D eigenvalue weighted by molar-refractivity contribution is 5.95. The molecule has 2 aliphatic rings. The van der Waals surface area contributed by atoms with E-state index < -0.39 is 0 Å². The van der Waals surface area contributed by atoms with Crippen LogP contribution in [0.5, 0.6) is 11.5 Å². The third-order valence-electron chi connectivity index (χ3n) is 5.47. The van der Waals surface area contributed by atoms with Crippen molar-refractivity contribution in [2.24, 2.45) is 0 Å². The molecule has 1 aromatic heterocycles. The minimum atomic E-state index is -0.132. The molecular weight excluding hydrogens is 372 g/mol. The largest absolute Gasteiger partial charge is 0.454 e. The van der Waals surface area contributed by atoms with Crippen LogP contribution in [0.15, 0.2) is 30.6 Å². The highest BCUT2D eigenvalue weighted by Crippen LogP contribution is 2.32. The van der Waals surface area contributed by atoms with Crippen molar-refractivity contribution in [3.8, 4) is 11.5 Å². The average Bonchev–Trinajstić information content (AvgIpc) is 3.46. The van der Waals surface area contributed by atoms with Gasteiger partial charge in [0.25, 0.3) is 5.91 Å². The average molecular weight is 398 g/mol. The Labute approximate surface area is 169 Å². The van der Waals surface area contributed by atoms with Gasteiger partial charge in [-0.2, -0.15) is 0 Å². The Morgan fingerprint density at radius 3 is 2.79 bits per heavy atom. The van der Waals surface area contributed by atoms with Gasteiger partial charge in [0, 0.05) is 49.4 Å². The number of carbonyl (C=O) groups excluding carboxylic acids is 2. The summed E-state index contributed by atoms with van der Waals surface area (Å²) >= 11 is 0. The molecule has 8 nitrogen and oxygen atoms in total. The molecule has 4 rings (SSSR count). The Morgan fingerprint density at radius 1 is 1.17 bits per heavy atom. The number of aryl methyl sites for hydroxylation is 2. The van der Waals surface area contributed by atoms with Gasteiger partial charge in [0.05, 0.1) is 0 Å². The van der Waals surface area contributed by atoms with E-state index in [2.05, 4.69) is 22.5 Å². The SMILES string of the molecule is CCc1nccn1CCC(=O)N[C@@H]1CC[C@H](NC(=O)c2ccc3c(c2)OCO3)C1.